The number of hydrogen-bond acceptors (Lipinski definition) is 6. The molecule has 4 rings (SSSR count). The molecule has 1 aromatic heterocycles. The zero-order valence-electron chi connectivity index (χ0n) is 15.2. The minimum Gasteiger partial charge on any atom is -0.493 e. The highest BCUT2D eigenvalue weighted by Crippen LogP contribution is 2.34. The summed E-state index contributed by atoms with van der Waals surface area (Å²) in [5, 5.41) is 2.85. The number of methoxy groups -OCH3 is 1. The van der Waals surface area contributed by atoms with Gasteiger partial charge in [-0.2, -0.15) is 0 Å². The molecule has 2 heterocycles. The number of rotatable bonds is 6. The smallest absolute Gasteiger partial charge is 0.255 e. The van der Waals surface area contributed by atoms with E-state index in [1.54, 1.807) is 55.9 Å². The molecule has 28 heavy (non-hydrogen) atoms. The van der Waals surface area contributed by atoms with Crippen LogP contribution in [0.1, 0.15) is 15.9 Å². The quantitative estimate of drug-likeness (QED) is 0.705. The molecule has 1 aliphatic heterocycles. The molecule has 7 heteroatoms. The largest absolute Gasteiger partial charge is 0.493 e. The summed E-state index contributed by atoms with van der Waals surface area (Å²) in [6.07, 6.45) is 3.40. The van der Waals surface area contributed by atoms with Crippen molar-refractivity contribution in [2.24, 2.45) is 0 Å². The fraction of sp³-hybridized carbons (Fsp3) is 0.143. The van der Waals surface area contributed by atoms with Crippen LogP contribution in [0, 0.1) is 0 Å². The molecule has 0 radical (unpaired) electrons. The molecule has 0 aliphatic carbocycles. The summed E-state index contributed by atoms with van der Waals surface area (Å²) in [6, 6.07) is 14.0. The predicted molar refractivity (Wildman–Crippen MR) is 102 cm³/mol. The maximum Gasteiger partial charge on any atom is 0.255 e. The van der Waals surface area contributed by atoms with Crippen molar-refractivity contribution in [3.05, 3.63) is 72.1 Å². The number of amides is 1. The van der Waals surface area contributed by atoms with Gasteiger partial charge >= 0.3 is 0 Å². The Morgan fingerprint density at radius 1 is 1.04 bits per heavy atom. The van der Waals surface area contributed by atoms with E-state index in [4.69, 9.17) is 18.9 Å². The van der Waals surface area contributed by atoms with E-state index >= 15 is 0 Å². The summed E-state index contributed by atoms with van der Waals surface area (Å²) >= 11 is 0. The van der Waals surface area contributed by atoms with Gasteiger partial charge in [0.1, 0.15) is 6.61 Å². The van der Waals surface area contributed by atoms with Gasteiger partial charge in [-0.25, -0.2) is 0 Å². The van der Waals surface area contributed by atoms with Crippen LogP contribution in [0.2, 0.25) is 0 Å². The zero-order chi connectivity index (χ0) is 19.3. The molecule has 0 fully saturated rings. The third-order valence-corrected chi connectivity index (χ3v) is 4.20. The Bertz CT molecular complexity index is 991. The van der Waals surface area contributed by atoms with Crippen LogP contribution in [0.25, 0.3) is 0 Å². The van der Waals surface area contributed by atoms with Crippen molar-refractivity contribution in [3.63, 3.8) is 0 Å². The molecule has 0 saturated carbocycles. The summed E-state index contributed by atoms with van der Waals surface area (Å²) in [4.78, 5) is 16.6. The zero-order valence-corrected chi connectivity index (χ0v) is 15.2. The van der Waals surface area contributed by atoms with Gasteiger partial charge in [-0.1, -0.05) is 0 Å². The molecular weight excluding hydrogens is 360 g/mol. The number of carbonyl (C=O) groups excluding carboxylic acids is 1. The number of nitrogens with one attached hydrogen (secondary N) is 1. The third kappa shape index (κ3) is 3.83. The van der Waals surface area contributed by atoms with E-state index in [1.807, 2.05) is 12.1 Å². The number of pyridine rings is 1. The Kier molecular flexibility index (Phi) is 4.97. The fourth-order valence-electron chi connectivity index (χ4n) is 2.75. The number of hydrogen-bond donors (Lipinski definition) is 1. The summed E-state index contributed by atoms with van der Waals surface area (Å²) < 4.78 is 21.8. The highest BCUT2D eigenvalue weighted by Gasteiger charge is 2.16. The van der Waals surface area contributed by atoms with Crippen LogP contribution in [0.4, 0.5) is 5.69 Å². The minimum atomic E-state index is -0.268. The number of carbonyl (C=O) groups is 1. The first kappa shape index (κ1) is 17.7. The van der Waals surface area contributed by atoms with Crippen LogP contribution >= 0.6 is 0 Å². The van der Waals surface area contributed by atoms with Crippen molar-refractivity contribution in [1.82, 2.24) is 4.98 Å². The Morgan fingerprint density at radius 2 is 1.86 bits per heavy atom. The average molecular weight is 378 g/mol. The standard InChI is InChI=1S/C21H18N2O5/c1-25-17-4-2-15(10-19(17)26-12-14-6-8-22-9-7-14)21(24)23-16-3-5-18-20(11-16)28-13-27-18/h2-11H,12-13H2,1H3,(H,23,24). The maximum atomic E-state index is 12.7. The molecule has 142 valence electrons. The highest BCUT2D eigenvalue weighted by molar-refractivity contribution is 6.04. The van der Waals surface area contributed by atoms with Gasteiger partial charge in [0, 0.05) is 29.7 Å². The van der Waals surface area contributed by atoms with Gasteiger partial charge < -0.3 is 24.3 Å². The first-order valence-corrected chi connectivity index (χ1v) is 8.63. The number of anilines is 1. The van der Waals surface area contributed by atoms with Gasteiger partial charge in [0.15, 0.2) is 23.0 Å². The molecule has 0 atom stereocenters. The molecule has 3 aromatic rings. The Morgan fingerprint density at radius 3 is 2.68 bits per heavy atom. The van der Waals surface area contributed by atoms with E-state index in [0.29, 0.717) is 40.9 Å². The van der Waals surface area contributed by atoms with E-state index in [2.05, 4.69) is 10.3 Å². The van der Waals surface area contributed by atoms with E-state index < -0.39 is 0 Å². The molecule has 2 aromatic carbocycles. The van der Waals surface area contributed by atoms with Crippen LogP contribution in [-0.2, 0) is 6.61 Å². The van der Waals surface area contributed by atoms with Crippen molar-refractivity contribution in [1.29, 1.82) is 0 Å². The van der Waals surface area contributed by atoms with Gasteiger partial charge in [0.25, 0.3) is 5.91 Å². The molecule has 0 bridgehead atoms. The molecule has 1 N–H and O–H groups in total. The topological polar surface area (TPSA) is 78.9 Å². The highest BCUT2D eigenvalue weighted by atomic mass is 16.7. The van der Waals surface area contributed by atoms with Gasteiger partial charge in [0.2, 0.25) is 6.79 Å². The predicted octanol–water partition coefficient (Wildman–Crippen LogP) is 3.65. The molecule has 0 spiro atoms. The number of aromatic nitrogens is 1. The Labute approximate surface area is 161 Å². The lowest BCUT2D eigenvalue weighted by Gasteiger charge is -2.13. The normalized spacial score (nSPS) is 11.8. The van der Waals surface area contributed by atoms with Crippen LogP contribution in [-0.4, -0.2) is 24.8 Å². The van der Waals surface area contributed by atoms with Gasteiger partial charge in [-0.05, 0) is 48.0 Å². The minimum absolute atomic E-state index is 0.184. The second-order valence-electron chi connectivity index (χ2n) is 6.03. The van der Waals surface area contributed by atoms with Gasteiger partial charge in [-0.3, -0.25) is 9.78 Å². The lowest BCUT2D eigenvalue weighted by atomic mass is 10.1. The second-order valence-corrected chi connectivity index (χ2v) is 6.03. The molecule has 0 unspecified atom stereocenters. The van der Waals surface area contributed by atoms with Crippen molar-refractivity contribution >= 4 is 11.6 Å². The molecule has 7 nitrogen and oxygen atoms in total. The van der Waals surface area contributed by atoms with E-state index in [1.165, 1.54) is 0 Å². The maximum absolute atomic E-state index is 12.7. The van der Waals surface area contributed by atoms with E-state index in [9.17, 15) is 4.79 Å². The first-order chi connectivity index (χ1) is 13.7. The summed E-state index contributed by atoms with van der Waals surface area (Å²) in [5.41, 5.74) is 2.03. The van der Waals surface area contributed by atoms with E-state index in [0.717, 1.165) is 5.56 Å². The molecular formula is C21H18N2O5. The lowest BCUT2D eigenvalue weighted by Crippen LogP contribution is -2.12. The van der Waals surface area contributed by atoms with Gasteiger partial charge in [-0.15, -0.1) is 0 Å². The number of fused-ring (bicyclic) bond motifs is 1. The number of ether oxygens (including phenoxy) is 4. The van der Waals surface area contributed by atoms with Crippen LogP contribution in [0.15, 0.2) is 60.9 Å². The van der Waals surface area contributed by atoms with Crippen LogP contribution in [0.3, 0.4) is 0 Å². The molecule has 0 saturated heterocycles. The third-order valence-electron chi connectivity index (χ3n) is 4.20. The summed E-state index contributed by atoms with van der Waals surface area (Å²) in [5.74, 6) is 2.03. The second kappa shape index (κ2) is 7.87. The van der Waals surface area contributed by atoms with Crippen molar-refractivity contribution < 1.29 is 23.7 Å². The van der Waals surface area contributed by atoms with Crippen molar-refractivity contribution in [2.45, 2.75) is 6.61 Å². The average Bonchev–Trinajstić information content (AvgIpc) is 3.20. The number of benzene rings is 2. The Hall–Kier alpha value is -3.74. The molecule has 1 amide bonds. The Balaban J connectivity index is 1.50. The van der Waals surface area contributed by atoms with Gasteiger partial charge in [0.05, 0.1) is 7.11 Å². The fourth-order valence-corrected chi connectivity index (χ4v) is 2.75. The van der Waals surface area contributed by atoms with Crippen molar-refractivity contribution in [3.8, 4) is 23.0 Å². The first-order valence-electron chi connectivity index (χ1n) is 8.63. The van der Waals surface area contributed by atoms with Crippen molar-refractivity contribution in [2.75, 3.05) is 19.2 Å². The lowest BCUT2D eigenvalue weighted by molar-refractivity contribution is 0.102. The SMILES string of the molecule is COc1ccc(C(=O)Nc2ccc3c(c2)OCO3)cc1OCc1ccncc1. The summed E-state index contributed by atoms with van der Waals surface area (Å²) in [6.45, 7) is 0.523. The molecule has 1 aliphatic rings. The van der Waals surface area contributed by atoms with E-state index in [-0.39, 0.29) is 12.7 Å². The summed E-state index contributed by atoms with van der Waals surface area (Å²) in [7, 11) is 1.56. The monoisotopic (exact) mass is 378 g/mol. The van der Waals surface area contributed by atoms with Crippen LogP contribution in [0.5, 0.6) is 23.0 Å². The number of nitrogens with zero attached hydrogens (tertiary/aromatic N) is 1. The van der Waals surface area contributed by atoms with Crippen LogP contribution < -0.4 is 24.3 Å².